The highest BCUT2D eigenvalue weighted by Crippen LogP contribution is 1.97. The quantitative estimate of drug-likeness (QED) is 0.660. The molecule has 0 aliphatic rings. The lowest BCUT2D eigenvalue weighted by Gasteiger charge is -1.94. The maximum atomic E-state index is 4.86. The zero-order valence-electron chi connectivity index (χ0n) is 7.08. The molecule has 0 radical (unpaired) electrons. The SMILES string of the molecule is CC.NOCc1ccccc1. The Balaban J connectivity index is 0.000000461. The highest BCUT2D eigenvalue weighted by atomic mass is 16.6. The van der Waals surface area contributed by atoms with Gasteiger partial charge in [-0.25, -0.2) is 5.90 Å². The maximum absolute atomic E-state index is 4.86. The van der Waals surface area contributed by atoms with Gasteiger partial charge in [0.15, 0.2) is 0 Å². The molecule has 1 aromatic rings. The molecule has 62 valence electrons. The molecule has 0 bridgehead atoms. The van der Waals surface area contributed by atoms with Gasteiger partial charge in [0.25, 0.3) is 0 Å². The van der Waals surface area contributed by atoms with Gasteiger partial charge in [-0.3, -0.25) is 4.84 Å². The molecule has 2 N–H and O–H groups in total. The van der Waals surface area contributed by atoms with Crippen molar-refractivity contribution in [3.8, 4) is 0 Å². The molecule has 1 aromatic carbocycles. The lowest BCUT2D eigenvalue weighted by atomic mass is 10.2. The Morgan fingerprint density at radius 1 is 1.18 bits per heavy atom. The van der Waals surface area contributed by atoms with Crippen molar-refractivity contribution in [2.45, 2.75) is 20.5 Å². The van der Waals surface area contributed by atoms with Crippen molar-refractivity contribution in [3.05, 3.63) is 35.9 Å². The minimum absolute atomic E-state index is 0.487. The summed E-state index contributed by atoms with van der Waals surface area (Å²) in [5.41, 5.74) is 1.10. The number of rotatable bonds is 2. The first kappa shape index (κ1) is 10.1. The van der Waals surface area contributed by atoms with Crippen molar-refractivity contribution in [1.82, 2.24) is 0 Å². The first-order chi connectivity index (χ1) is 5.43. The Bertz CT molecular complexity index is 162. The third-order valence-electron chi connectivity index (χ3n) is 1.09. The van der Waals surface area contributed by atoms with Crippen LogP contribution in [-0.2, 0) is 11.4 Å². The summed E-state index contributed by atoms with van der Waals surface area (Å²) < 4.78 is 0. The van der Waals surface area contributed by atoms with Crippen LogP contribution < -0.4 is 5.90 Å². The fourth-order valence-corrected chi connectivity index (χ4v) is 0.670. The monoisotopic (exact) mass is 153 g/mol. The Hall–Kier alpha value is -0.860. The first-order valence-electron chi connectivity index (χ1n) is 3.79. The summed E-state index contributed by atoms with van der Waals surface area (Å²) in [6.07, 6.45) is 0. The molecule has 0 amide bonds. The van der Waals surface area contributed by atoms with E-state index in [9.17, 15) is 0 Å². The van der Waals surface area contributed by atoms with Gasteiger partial charge in [-0.15, -0.1) is 0 Å². The zero-order valence-corrected chi connectivity index (χ0v) is 7.08. The summed E-state index contributed by atoms with van der Waals surface area (Å²) in [5, 5.41) is 0. The molecule has 0 aromatic heterocycles. The molecule has 0 unspecified atom stereocenters. The van der Waals surface area contributed by atoms with Crippen molar-refractivity contribution in [2.24, 2.45) is 5.90 Å². The fraction of sp³-hybridized carbons (Fsp3) is 0.333. The third-order valence-corrected chi connectivity index (χ3v) is 1.09. The molecule has 0 heterocycles. The van der Waals surface area contributed by atoms with Gasteiger partial charge in [0.05, 0.1) is 6.61 Å². The Kier molecular flexibility index (Phi) is 6.68. The van der Waals surface area contributed by atoms with Crippen molar-refractivity contribution < 1.29 is 4.84 Å². The van der Waals surface area contributed by atoms with E-state index in [-0.39, 0.29) is 0 Å². The number of hydrogen-bond donors (Lipinski definition) is 1. The van der Waals surface area contributed by atoms with Crippen LogP contribution in [0.2, 0.25) is 0 Å². The molecule has 2 nitrogen and oxygen atoms in total. The minimum Gasteiger partial charge on any atom is -0.300 e. The van der Waals surface area contributed by atoms with Crippen molar-refractivity contribution >= 4 is 0 Å². The molecule has 0 saturated heterocycles. The van der Waals surface area contributed by atoms with Crippen molar-refractivity contribution in [2.75, 3.05) is 0 Å². The van der Waals surface area contributed by atoms with Crippen LogP contribution in [0.25, 0.3) is 0 Å². The normalized spacial score (nSPS) is 8.27. The fourth-order valence-electron chi connectivity index (χ4n) is 0.670. The smallest absolute Gasteiger partial charge is 0.0930 e. The topological polar surface area (TPSA) is 35.2 Å². The Morgan fingerprint density at radius 2 is 1.73 bits per heavy atom. The van der Waals surface area contributed by atoms with Crippen molar-refractivity contribution in [1.29, 1.82) is 0 Å². The summed E-state index contributed by atoms with van der Waals surface area (Å²) in [5.74, 6) is 4.86. The molecule has 2 heteroatoms. The molecule has 0 spiro atoms. The van der Waals surface area contributed by atoms with Gasteiger partial charge in [0.1, 0.15) is 0 Å². The largest absolute Gasteiger partial charge is 0.300 e. The van der Waals surface area contributed by atoms with Crippen molar-refractivity contribution in [3.63, 3.8) is 0 Å². The first-order valence-corrected chi connectivity index (χ1v) is 3.79. The van der Waals surface area contributed by atoms with E-state index >= 15 is 0 Å². The van der Waals surface area contributed by atoms with E-state index < -0.39 is 0 Å². The van der Waals surface area contributed by atoms with E-state index in [4.69, 9.17) is 5.90 Å². The van der Waals surface area contributed by atoms with Gasteiger partial charge in [0, 0.05) is 0 Å². The maximum Gasteiger partial charge on any atom is 0.0930 e. The number of nitrogens with two attached hydrogens (primary N) is 1. The standard InChI is InChI=1S/C7H9NO.C2H6/c8-9-6-7-4-2-1-3-5-7;1-2/h1-5H,6,8H2;1-2H3. The highest BCUT2D eigenvalue weighted by molar-refractivity contribution is 5.13. The van der Waals surface area contributed by atoms with Gasteiger partial charge >= 0.3 is 0 Å². The molecule has 0 atom stereocenters. The van der Waals surface area contributed by atoms with E-state index in [1.54, 1.807) is 0 Å². The Labute approximate surface area is 67.9 Å². The van der Waals surface area contributed by atoms with Crippen LogP contribution in [0.4, 0.5) is 0 Å². The van der Waals surface area contributed by atoms with E-state index in [2.05, 4.69) is 4.84 Å². The molecule has 1 rings (SSSR count). The molecule has 0 aliphatic carbocycles. The van der Waals surface area contributed by atoms with Crippen LogP contribution >= 0.6 is 0 Å². The highest BCUT2D eigenvalue weighted by Gasteiger charge is 1.85. The van der Waals surface area contributed by atoms with Crippen LogP contribution in [0.1, 0.15) is 19.4 Å². The average Bonchev–Trinajstić information content (AvgIpc) is 2.11. The van der Waals surface area contributed by atoms with Gasteiger partial charge in [-0.1, -0.05) is 44.2 Å². The number of hydrogen-bond acceptors (Lipinski definition) is 2. The Morgan fingerprint density at radius 3 is 2.18 bits per heavy atom. The van der Waals surface area contributed by atoms with Crippen LogP contribution in [0.5, 0.6) is 0 Å². The molecular formula is C9H15NO. The molecule has 0 fully saturated rings. The molecule has 0 saturated carbocycles. The summed E-state index contributed by atoms with van der Waals surface area (Å²) in [6, 6.07) is 9.79. The average molecular weight is 153 g/mol. The predicted molar refractivity (Wildman–Crippen MR) is 46.8 cm³/mol. The minimum atomic E-state index is 0.487. The molecular weight excluding hydrogens is 138 g/mol. The van der Waals surface area contributed by atoms with E-state index in [0.717, 1.165) is 5.56 Å². The third kappa shape index (κ3) is 4.53. The van der Waals surface area contributed by atoms with Crippen LogP contribution in [0.15, 0.2) is 30.3 Å². The number of benzene rings is 1. The second-order valence-corrected chi connectivity index (χ2v) is 1.80. The lowest BCUT2D eigenvalue weighted by molar-refractivity contribution is 0.124. The molecule has 0 aliphatic heterocycles. The second-order valence-electron chi connectivity index (χ2n) is 1.80. The van der Waals surface area contributed by atoms with Gasteiger partial charge in [-0.2, -0.15) is 0 Å². The summed E-state index contributed by atoms with van der Waals surface area (Å²) in [7, 11) is 0. The summed E-state index contributed by atoms with van der Waals surface area (Å²) in [6.45, 7) is 4.49. The van der Waals surface area contributed by atoms with Crippen LogP contribution in [0.3, 0.4) is 0 Å². The zero-order chi connectivity index (χ0) is 8.53. The summed E-state index contributed by atoms with van der Waals surface area (Å²) >= 11 is 0. The lowest BCUT2D eigenvalue weighted by Crippen LogP contribution is -1.97. The predicted octanol–water partition coefficient (Wildman–Crippen LogP) is 2.10. The van der Waals surface area contributed by atoms with Crippen LogP contribution in [-0.4, -0.2) is 0 Å². The molecule has 11 heavy (non-hydrogen) atoms. The van der Waals surface area contributed by atoms with E-state index in [0.29, 0.717) is 6.61 Å². The van der Waals surface area contributed by atoms with Gasteiger partial charge < -0.3 is 0 Å². The van der Waals surface area contributed by atoms with E-state index in [1.807, 2.05) is 44.2 Å². The van der Waals surface area contributed by atoms with Gasteiger partial charge in [0.2, 0.25) is 0 Å². The van der Waals surface area contributed by atoms with E-state index in [1.165, 1.54) is 0 Å². The van der Waals surface area contributed by atoms with Gasteiger partial charge in [-0.05, 0) is 5.56 Å². The van der Waals surface area contributed by atoms with Crippen LogP contribution in [0, 0.1) is 0 Å². The summed E-state index contributed by atoms with van der Waals surface area (Å²) in [4.78, 5) is 4.43. The second kappa shape index (κ2) is 7.25.